The van der Waals surface area contributed by atoms with E-state index in [4.69, 9.17) is 8.92 Å². The van der Waals surface area contributed by atoms with Crippen LogP contribution in [0.4, 0.5) is 0 Å². The van der Waals surface area contributed by atoms with Gasteiger partial charge >= 0.3 is 0 Å². The van der Waals surface area contributed by atoms with Gasteiger partial charge in [-0.25, -0.2) is 0 Å². The standard InChI is InChI=1S/C9H10O4S/c10-14(11,13-7-8-6-12-8)9-4-2-1-3-5-9/h1-5,8H,6-7H2/t8-/m1/s1. The maximum absolute atomic E-state index is 11.5. The number of rotatable bonds is 4. The van der Waals surface area contributed by atoms with Crippen LogP contribution in [0.1, 0.15) is 0 Å². The van der Waals surface area contributed by atoms with Gasteiger partial charge in [-0.2, -0.15) is 8.42 Å². The summed E-state index contributed by atoms with van der Waals surface area (Å²) >= 11 is 0. The molecule has 1 aliphatic heterocycles. The van der Waals surface area contributed by atoms with E-state index in [0.717, 1.165) is 0 Å². The molecule has 0 radical (unpaired) electrons. The third kappa shape index (κ3) is 2.31. The number of hydrogen-bond donors (Lipinski definition) is 0. The van der Waals surface area contributed by atoms with Crippen LogP contribution in [0.5, 0.6) is 0 Å². The van der Waals surface area contributed by atoms with Crippen LogP contribution in [0.3, 0.4) is 0 Å². The van der Waals surface area contributed by atoms with Gasteiger partial charge in [0, 0.05) is 0 Å². The molecule has 1 atom stereocenters. The largest absolute Gasteiger partial charge is 0.371 e. The van der Waals surface area contributed by atoms with Gasteiger partial charge in [0.15, 0.2) is 0 Å². The summed E-state index contributed by atoms with van der Waals surface area (Å²) in [5.74, 6) is 0. The molecule has 1 aliphatic rings. The molecular formula is C9H10O4S. The molecule has 5 heteroatoms. The SMILES string of the molecule is O=S(=O)(OC[C@H]1CO1)c1ccccc1. The molecule has 1 saturated heterocycles. The van der Waals surface area contributed by atoms with Gasteiger partial charge < -0.3 is 4.74 Å². The topological polar surface area (TPSA) is 55.9 Å². The van der Waals surface area contributed by atoms with Crippen molar-refractivity contribution in [1.82, 2.24) is 0 Å². The van der Waals surface area contributed by atoms with Crippen LogP contribution in [-0.2, 0) is 19.0 Å². The Hall–Kier alpha value is -0.910. The first kappa shape index (κ1) is 9.64. The van der Waals surface area contributed by atoms with Crippen molar-refractivity contribution >= 4 is 10.1 Å². The average Bonchev–Trinajstić information content (AvgIpc) is 3.00. The van der Waals surface area contributed by atoms with Gasteiger partial charge in [0.05, 0.1) is 18.1 Å². The van der Waals surface area contributed by atoms with Crippen LogP contribution in [-0.4, -0.2) is 27.7 Å². The van der Waals surface area contributed by atoms with Crippen molar-refractivity contribution in [2.45, 2.75) is 11.0 Å². The van der Waals surface area contributed by atoms with Gasteiger partial charge in [-0.15, -0.1) is 0 Å². The molecule has 0 amide bonds. The molecule has 0 aromatic heterocycles. The molecule has 0 aliphatic carbocycles. The van der Waals surface area contributed by atoms with E-state index in [1.54, 1.807) is 18.2 Å². The average molecular weight is 214 g/mol. The van der Waals surface area contributed by atoms with Crippen molar-refractivity contribution in [2.24, 2.45) is 0 Å². The molecule has 1 aromatic rings. The number of hydrogen-bond acceptors (Lipinski definition) is 4. The Kier molecular flexibility index (Phi) is 2.54. The van der Waals surface area contributed by atoms with Gasteiger partial charge in [0.2, 0.25) is 0 Å². The minimum atomic E-state index is -3.60. The summed E-state index contributed by atoms with van der Waals surface area (Å²) in [5.41, 5.74) is 0. The first-order valence-corrected chi connectivity index (χ1v) is 5.65. The fourth-order valence-electron chi connectivity index (χ4n) is 0.985. The lowest BCUT2D eigenvalue weighted by molar-refractivity contribution is 0.266. The van der Waals surface area contributed by atoms with Crippen LogP contribution >= 0.6 is 0 Å². The Labute approximate surface area is 82.6 Å². The summed E-state index contributed by atoms with van der Waals surface area (Å²) in [6.45, 7) is 0.696. The summed E-state index contributed by atoms with van der Waals surface area (Å²) in [6.07, 6.45) is -0.0477. The van der Waals surface area contributed by atoms with Crippen molar-refractivity contribution in [1.29, 1.82) is 0 Å². The second-order valence-corrected chi connectivity index (χ2v) is 4.62. The summed E-state index contributed by atoms with van der Waals surface area (Å²) in [6, 6.07) is 8.07. The molecule has 0 N–H and O–H groups in total. The molecule has 1 aromatic carbocycles. The zero-order valence-corrected chi connectivity index (χ0v) is 8.24. The van der Waals surface area contributed by atoms with Crippen LogP contribution in [0, 0.1) is 0 Å². The predicted octanol–water partition coefficient (Wildman–Crippen LogP) is 0.791. The van der Waals surface area contributed by atoms with Gasteiger partial charge in [0.1, 0.15) is 6.10 Å². The van der Waals surface area contributed by atoms with E-state index in [1.807, 2.05) is 0 Å². The maximum Gasteiger partial charge on any atom is 0.297 e. The van der Waals surface area contributed by atoms with Crippen molar-refractivity contribution < 1.29 is 17.3 Å². The Morgan fingerprint density at radius 2 is 2.00 bits per heavy atom. The second kappa shape index (κ2) is 3.68. The van der Waals surface area contributed by atoms with E-state index < -0.39 is 10.1 Å². The molecule has 2 rings (SSSR count). The van der Waals surface area contributed by atoms with E-state index in [1.165, 1.54) is 12.1 Å². The lowest BCUT2D eigenvalue weighted by atomic mass is 10.4. The number of epoxide rings is 1. The lowest BCUT2D eigenvalue weighted by Gasteiger charge is -2.02. The Morgan fingerprint density at radius 3 is 2.57 bits per heavy atom. The molecule has 1 fully saturated rings. The molecular weight excluding hydrogens is 204 g/mol. The summed E-state index contributed by atoms with van der Waals surface area (Å²) in [4.78, 5) is 0.181. The monoisotopic (exact) mass is 214 g/mol. The van der Waals surface area contributed by atoms with Crippen LogP contribution < -0.4 is 0 Å². The zero-order valence-electron chi connectivity index (χ0n) is 7.42. The Bertz CT molecular complexity index is 394. The molecule has 0 spiro atoms. The highest BCUT2D eigenvalue weighted by molar-refractivity contribution is 7.86. The highest BCUT2D eigenvalue weighted by Crippen LogP contribution is 2.15. The first-order chi connectivity index (χ1) is 6.68. The van der Waals surface area contributed by atoms with E-state index >= 15 is 0 Å². The number of benzene rings is 1. The molecule has 4 nitrogen and oxygen atoms in total. The molecule has 1 heterocycles. The van der Waals surface area contributed by atoms with Gasteiger partial charge in [0.25, 0.3) is 10.1 Å². The fourth-order valence-corrected chi connectivity index (χ4v) is 1.94. The van der Waals surface area contributed by atoms with Gasteiger partial charge in [-0.3, -0.25) is 4.18 Å². The maximum atomic E-state index is 11.5. The molecule has 0 saturated carbocycles. The normalized spacial score (nSPS) is 20.7. The van der Waals surface area contributed by atoms with Crippen molar-refractivity contribution in [3.8, 4) is 0 Å². The fraction of sp³-hybridized carbons (Fsp3) is 0.333. The minimum absolute atomic E-state index is 0.0477. The van der Waals surface area contributed by atoms with Crippen LogP contribution in [0.15, 0.2) is 35.2 Å². The first-order valence-electron chi connectivity index (χ1n) is 4.24. The van der Waals surface area contributed by atoms with Crippen molar-refractivity contribution in [2.75, 3.05) is 13.2 Å². The highest BCUT2D eigenvalue weighted by atomic mass is 32.2. The zero-order chi connectivity index (χ0) is 10.0. The van der Waals surface area contributed by atoms with E-state index in [9.17, 15) is 8.42 Å². The molecule has 14 heavy (non-hydrogen) atoms. The Morgan fingerprint density at radius 1 is 1.36 bits per heavy atom. The van der Waals surface area contributed by atoms with E-state index in [0.29, 0.717) is 6.61 Å². The summed E-state index contributed by atoms with van der Waals surface area (Å²) in [5, 5.41) is 0. The third-order valence-corrected chi connectivity index (χ3v) is 3.14. The lowest BCUT2D eigenvalue weighted by Crippen LogP contribution is -2.10. The Balaban J connectivity index is 2.07. The number of ether oxygens (including phenoxy) is 1. The van der Waals surface area contributed by atoms with Gasteiger partial charge in [-0.05, 0) is 12.1 Å². The van der Waals surface area contributed by atoms with Gasteiger partial charge in [-0.1, -0.05) is 18.2 Å². The molecule has 76 valence electrons. The summed E-state index contributed by atoms with van der Waals surface area (Å²) < 4.78 is 32.6. The minimum Gasteiger partial charge on any atom is -0.371 e. The summed E-state index contributed by atoms with van der Waals surface area (Å²) in [7, 11) is -3.60. The smallest absolute Gasteiger partial charge is 0.297 e. The highest BCUT2D eigenvalue weighted by Gasteiger charge is 2.26. The van der Waals surface area contributed by atoms with E-state index in [-0.39, 0.29) is 17.6 Å². The van der Waals surface area contributed by atoms with Crippen molar-refractivity contribution in [3.05, 3.63) is 30.3 Å². The molecule has 0 unspecified atom stereocenters. The predicted molar refractivity (Wildman–Crippen MR) is 49.3 cm³/mol. The van der Waals surface area contributed by atoms with Crippen LogP contribution in [0.25, 0.3) is 0 Å². The second-order valence-electron chi connectivity index (χ2n) is 3.01. The third-order valence-electron chi connectivity index (χ3n) is 1.84. The van der Waals surface area contributed by atoms with Crippen molar-refractivity contribution in [3.63, 3.8) is 0 Å². The quantitative estimate of drug-likeness (QED) is 0.549. The van der Waals surface area contributed by atoms with E-state index in [2.05, 4.69) is 0 Å². The van der Waals surface area contributed by atoms with Crippen LogP contribution in [0.2, 0.25) is 0 Å². The molecule has 0 bridgehead atoms.